The maximum absolute atomic E-state index is 9.45. The van der Waals surface area contributed by atoms with E-state index in [0.29, 0.717) is 12.0 Å². The summed E-state index contributed by atoms with van der Waals surface area (Å²) in [6.45, 7) is 10.8. The van der Waals surface area contributed by atoms with Crippen molar-refractivity contribution in [2.75, 3.05) is 5.32 Å². The second kappa shape index (κ2) is 8.18. The van der Waals surface area contributed by atoms with E-state index in [1.807, 2.05) is 19.2 Å². The minimum atomic E-state index is -0.264. The molecule has 5 heteroatoms. The minimum Gasteiger partial charge on any atom is -0.393 e. The van der Waals surface area contributed by atoms with E-state index in [1.54, 1.807) is 0 Å². The van der Waals surface area contributed by atoms with Gasteiger partial charge in [-0.05, 0) is 71.9 Å². The van der Waals surface area contributed by atoms with E-state index < -0.39 is 0 Å². The Morgan fingerprint density at radius 1 is 1.11 bits per heavy atom. The largest absolute Gasteiger partial charge is 0.393 e. The summed E-state index contributed by atoms with van der Waals surface area (Å²) in [6, 6.07) is 10.7. The van der Waals surface area contributed by atoms with Gasteiger partial charge in [0.25, 0.3) is 0 Å². The molecule has 5 nitrogen and oxygen atoms in total. The molecule has 28 heavy (non-hydrogen) atoms. The van der Waals surface area contributed by atoms with Crippen LogP contribution in [0.4, 0.5) is 5.95 Å². The molecule has 1 atom stereocenters. The summed E-state index contributed by atoms with van der Waals surface area (Å²) in [5.41, 5.74) is 3.40. The van der Waals surface area contributed by atoms with Crippen LogP contribution in [0.5, 0.6) is 0 Å². The molecule has 0 aliphatic carbocycles. The van der Waals surface area contributed by atoms with Crippen LogP contribution in [0, 0.1) is 0 Å². The van der Waals surface area contributed by atoms with Crippen molar-refractivity contribution in [1.82, 2.24) is 15.3 Å². The van der Waals surface area contributed by atoms with Gasteiger partial charge in [0, 0.05) is 28.9 Å². The zero-order valence-electron chi connectivity index (χ0n) is 17.8. The van der Waals surface area contributed by atoms with Crippen molar-refractivity contribution >= 4 is 5.95 Å². The van der Waals surface area contributed by atoms with Gasteiger partial charge in [-0.25, -0.2) is 9.97 Å². The van der Waals surface area contributed by atoms with Crippen molar-refractivity contribution in [2.45, 2.75) is 83.5 Å². The van der Waals surface area contributed by atoms with Gasteiger partial charge in [-0.15, -0.1) is 0 Å². The molecule has 0 spiro atoms. The summed E-state index contributed by atoms with van der Waals surface area (Å²) in [7, 11) is 0. The molecule has 1 aromatic heterocycles. The van der Waals surface area contributed by atoms with Crippen molar-refractivity contribution in [3.63, 3.8) is 0 Å². The number of aliphatic hydroxyl groups is 1. The Bertz CT molecular complexity index is 767. The molecule has 0 bridgehead atoms. The molecule has 2 aromatic rings. The molecule has 1 aliphatic heterocycles. The fourth-order valence-electron chi connectivity index (χ4n) is 4.41. The van der Waals surface area contributed by atoms with E-state index in [-0.39, 0.29) is 17.2 Å². The van der Waals surface area contributed by atoms with Crippen LogP contribution in [0.3, 0.4) is 0 Å². The SMILES string of the molecule is CC(O)CCc1ccc(-c2ccnc(NC3CC(C)(C)NC(C)(C)C3)n2)cc1. The average Bonchev–Trinajstić information content (AvgIpc) is 2.58. The van der Waals surface area contributed by atoms with Gasteiger partial charge in [0.15, 0.2) is 0 Å². The highest BCUT2D eigenvalue weighted by Gasteiger charge is 2.37. The molecule has 1 aromatic carbocycles. The lowest BCUT2D eigenvalue weighted by atomic mass is 9.80. The molecule has 0 amide bonds. The maximum Gasteiger partial charge on any atom is 0.223 e. The van der Waals surface area contributed by atoms with E-state index in [1.165, 1.54) is 5.56 Å². The quantitative estimate of drug-likeness (QED) is 0.699. The molecule has 1 saturated heterocycles. The number of hydrogen-bond acceptors (Lipinski definition) is 5. The number of hydrogen-bond donors (Lipinski definition) is 3. The zero-order valence-corrected chi connectivity index (χ0v) is 17.8. The predicted molar refractivity (Wildman–Crippen MR) is 115 cm³/mol. The summed E-state index contributed by atoms with van der Waals surface area (Å²) >= 11 is 0. The molecule has 1 unspecified atom stereocenters. The first-order valence-electron chi connectivity index (χ1n) is 10.3. The smallest absolute Gasteiger partial charge is 0.223 e. The standard InChI is InChI=1S/C23H34N4O/c1-16(28)6-7-17-8-10-18(11-9-17)20-12-13-24-21(26-20)25-19-14-22(2,3)27-23(4,5)15-19/h8-13,16,19,27-28H,6-7,14-15H2,1-5H3,(H,24,25,26). The molecule has 3 rings (SSSR count). The Hall–Kier alpha value is -1.98. The summed E-state index contributed by atoms with van der Waals surface area (Å²) in [5, 5.41) is 16.7. The number of piperidine rings is 1. The van der Waals surface area contributed by atoms with Crippen LogP contribution >= 0.6 is 0 Å². The summed E-state index contributed by atoms with van der Waals surface area (Å²) < 4.78 is 0. The maximum atomic E-state index is 9.45. The van der Waals surface area contributed by atoms with Crippen LogP contribution in [0.25, 0.3) is 11.3 Å². The highest BCUT2D eigenvalue weighted by molar-refractivity contribution is 5.60. The van der Waals surface area contributed by atoms with E-state index in [2.05, 4.69) is 67.6 Å². The van der Waals surface area contributed by atoms with Gasteiger partial charge in [-0.2, -0.15) is 0 Å². The average molecular weight is 383 g/mol. The van der Waals surface area contributed by atoms with Crippen LogP contribution < -0.4 is 10.6 Å². The summed E-state index contributed by atoms with van der Waals surface area (Å²) in [6.07, 6.45) is 5.28. The lowest BCUT2D eigenvalue weighted by Gasteiger charge is -2.46. The molecule has 152 valence electrons. The first-order valence-corrected chi connectivity index (χ1v) is 10.3. The minimum absolute atomic E-state index is 0.0823. The first kappa shape index (κ1) is 20.7. The number of nitrogens with zero attached hydrogens (tertiary/aromatic N) is 2. The molecule has 2 heterocycles. The first-order chi connectivity index (χ1) is 13.1. The Kier molecular flexibility index (Phi) is 6.06. The lowest BCUT2D eigenvalue weighted by Crippen LogP contribution is -2.60. The van der Waals surface area contributed by atoms with Crippen LogP contribution in [-0.4, -0.2) is 38.3 Å². The van der Waals surface area contributed by atoms with E-state index in [4.69, 9.17) is 4.98 Å². The number of rotatable bonds is 6. The van der Waals surface area contributed by atoms with Gasteiger partial charge in [0.05, 0.1) is 11.8 Å². The van der Waals surface area contributed by atoms with Gasteiger partial charge >= 0.3 is 0 Å². The molecule has 0 saturated carbocycles. The summed E-state index contributed by atoms with van der Waals surface area (Å²) in [5.74, 6) is 0.689. The third kappa shape index (κ3) is 5.76. The van der Waals surface area contributed by atoms with Crippen molar-refractivity contribution in [3.8, 4) is 11.3 Å². The highest BCUT2D eigenvalue weighted by atomic mass is 16.3. The highest BCUT2D eigenvalue weighted by Crippen LogP contribution is 2.30. The Morgan fingerprint density at radius 2 is 1.75 bits per heavy atom. The third-order valence-corrected chi connectivity index (χ3v) is 5.28. The van der Waals surface area contributed by atoms with Gasteiger partial charge in [-0.3, -0.25) is 0 Å². The number of aryl methyl sites for hydroxylation is 1. The molecular weight excluding hydrogens is 348 g/mol. The van der Waals surface area contributed by atoms with Crippen molar-refractivity contribution < 1.29 is 5.11 Å². The Balaban J connectivity index is 1.70. The van der Waals surface area contributed by atoms with E-state index >= 15 is 0 Å². The van der Waals surface area contributed by atoms with Crippen LogP contribution in [-0.2, 0) is 6.42 Å². The zero-order chi connectivity index (χ0) is 20.4. The predicted octanol–water partition coefficient (Wildman–Crippen LogP) is 4.18. The van der Waals surface area contributed by atoms with Crippen molar-refractivity contribution in [2.24, 2.45) is 0 Å². The van der Waals surface area contributed by atoms with E-state index in [0.717, 1.165) is 36.9 Å². The van der Waals surface area contributed by atoms with Crippen molar-refractivity contribution in [1.29, 1.82) is 0 Å². The Labute approximate surface area is 169 Å². The van der Waals surface area contributed by atoms with Crippen LogP contribution in [0.2, 0.25) is 0 Å². The second-order valence-electron chi connectivity index (χ2n) is 9.49. The number of aromatic nitrogens is 2. The Morgan fingerprint density at radius 3 is 2.36 bits per heavy atom. The molecule has 0 radical (unpaired) electrons. The summed E-state index contributed by atoms with van der Waals surface area (Å²) in [4.78, 5) is 9.20. The fraction of sp³-hybridized carbons (Fsp3) is 0.565. The van der Waals surface area contributed by atoms with Crippen LogP contribution in [0.15, 0.2) is 36.5 Å². The lowest BCUT2D eigenvalue weighted by molar-refractivity contribution is 0.170. The third-order valence-electron chi connectivity index (χ3n) is 5.28. The van der Waals surface area contributed by atoms with Gasteiger partial charge < -0.3 is 15.7 Å². The fourth-order valence-corrected chi connectivity index (χ4v) is 4.41. The number of nitrogens with one attached hydrogen (secondary N) is 2. The van der Waals surface area contributed by atoms with Crippen LogP contribution in [0.1, 0.15) is 59.4 Å². The molecule has 1 fully saturated rings. The molecular formula is C23H34N4O. The van der Waals surface area contributed by atoms with E-state index in [9.17, 15) is 5.11 Å². The molecule has 3 N–H and O–H groups in total. The number of aliphatic hydroxyl groups excluding tert-OH is 1. The number of anilines is 1. The monoisotopic (exact) mass is 382 g/mol. The van der Waals surface area contributed by atoms with Gasteiger partial charge in [0.2, 0.25) is 5.95 Å². The van der Waals surface area contributed by atoms with Crippen molar-refractivity contribution in [3.05, 3.63) is 42.1 Å². The topological polar surface area (TPSA) is 70.1 Å². The van der Waals surface area contributed by atoms with Gasteiger partial charge in [-0.1, -0.05) is 24.3 Å². The normalized spacial score (nSPS) is 19.9. The second-order valence-corrected chi connectivity index (χ2v) is 9.49. The number of benzene rings is 1. The molecule has 1 aliphatic rings. The van der Waals surface area contributed by atoms with Gasteiger partial charge in [0.1, 0.15) is 0 Å².